The molecule has 1 unspecified atom stereocenters. The molecule has 0 bridgehead atoms. The van der Waals surface area contributed by atoms with E-state index in [9.17, 15) is 18.0 Å². The van der Waals surface area contributed by atoms with Gasteiger partial charge in [0.05, 0.1) is 23.8 Å². The topological polar surface area (TPSA) is 69.8 Å². The number of aromatic nitrogens is 2. The highest BCUT2D eigenvalue weighted by Crippen LogP contribution is 2.21. The molecule has 20 heavy (non-hydrogen) atoms. The SMILES string of the molecule is O=C(NCCCCC(F)(F)F)C1Cc2nc[nH]c2CN1. The van der Waals surface area contributed by atoms with E-state index in [0.717, 1.165) is 11.4 Å². The van der Waals surface area contributed by atoms with Crippen LogP contribution in [0.5, 0.6) is 0 Å². The van der Waals surface area contributed by atoms with Gasteiger partial charge in [-0.15, -0.1) is 0 Å². The Morgan fingerprint density at radius 1 is 1.45 bits per heavy atom. The second-order valence-corrected chi connectivity index (χ2v) is 4.83. The van der Waals surface area contributed by atoms with Crippen LogP contribution in [0.2, 0.25) is 0 Å². The van der Waals surface area contributed by atoms with E-state index in [1.807, 2.05) is 0 Å². The lowest BCUT2D eigenvalue weighted by molar-refractivity contribution is -0.135. The summed E-state index contributed by atoms with van der Waals surface area (Å²) in [5.41, 5.74) is 1.83. The number of unbranched alkanes of at least 4 members (excludes halogenated alkanes) is 1. The second-order valence-electron chi connectivity index (χ2n) is 4.83. The van der Waals surface area contributed by atoms with Gasteiger partial charge in [-0.3, -0.25) is 10.1 Å². The molecule has 2 rings (SSSR count). The lowest BCUT2D eigenvalue weighted by atomic mass is 10.0. The molecular formula is C12H17F3N4O. The Morgan fingerprint density at radius 3 is 3.00 bits per heavy atom. The zero-order valence-electron chi connectivity index (χ0n) is 10.9. The average molecular weight is 290 g/mol. The molecule has 0 radical (unpaired) electrons. The summed E-state index contributed by atoms with van der Waals surface area (Å²) in [6.45, 7) is 0.808. The molecule has 0 fully saturated rings. The number of H-pyrrole nitrogens is 1. The van der Waals surface area contributed by atoms with Crippen molar-refractivity contribution in [2.45, 2.75) is 44.4 Å². The number of nitrogens with zero attached hydrogens (tertiary/aromatic N) is 1. The minimum absolute atomic E-state index is 0.0331. The quantitative estimate of drug-likeness (QED) is 0.715. The molecule has 1 aromatic rings. The number of nitrogens with one attached hydrogen (secondary N) is 3. The van der Waals surface area contributed by atoms with E-state index in [2.05, 4.69) is 20.6 Å². The van der Waals surface area contributed by atoms with Gasteiger partial charge in [-0.25, -0.2) is 4.98 Å². The van der Waals surface area contributed by atoms with Gasteiger partial charge in [-0.05, 0) is 12.8 Å². The third-order valence-corrected chi connectivity index (χ3v) is 3.23. The van der Waals surface area contributed by atoms with Crippen molar-refractivity contribution >= 4 is 5.91 Å². The van der Waals surface area contributed by atoms with Crippen LogP contribution in [0.15, 0.2) is 6.33 Å². The number of carbonyl (C=O) groups excluding carboxylic acids is 1. The van der Waals surface area contributed by atoms with Crippen molar-refractivity contribution in [3.63, 3.8) is 0 Å². The number of hydrogen-bond acceptors (Lipinski definition) is 3. The van der Waals surface area contributed by atoms with Crippen LogP contribution < -0.4 is 10.6 Å². The molecule has 1 atom stereocenters. The first-order valence-corrected chi connectivity index (χ1v) is 6.54. The number of aromatic amines is 1. The minimum Gasteiger partial charge on any atom is -0.355 e. The van der Waals surface area contributed by atoms with Gasteiger partial charge in [0.25, 0.3) is 0 Å². The summed E-state index contributed by atoms with van der Waals surface area (Å²) >= 11 is 0. The van der Waals surface area contributed by atoms with E-state index in [4.69, 9.17) is 0 Å². The van der Waals surface area contributed by atoms with Crippen molar-refractivity contribution in [3.05, 3.63) is 17.7 Å². The summed E-state index contributed by atoms with van der Waals surface area (Å²) in [5.74, 6) is -0.189. The Hall–Kier alpha value is -1.57. The number of halogens is 3. The fourth-order valence-corrected chi connectivity index (χ4v) is 2.14. The van der Waals surface area contributed by atoms with Crippen molar-refractivity contribution in [2.75, 3.05) is 6.54 Å². The summed E-state index contributed by atoms with van der Waals surface area (Å²) in [6.07, 6.45) is -2.49. The van der Waals surface area contributed by atoms with Crippen LogP contribution in [-0.2, 0) is 17.8 Å². The lowest BCUT2D eigenvalue weighted by Gasteiger charge is -2.22. The molecule has 1 aliphatic heterocycles. The Labute approximate surface area is 114 Å². The maximum absolute atomic E-state index is 11.9. The molecule has 112 valence electrons. The van der Waals surface area contributed by atoms with Crippen LogP contribution in [0.3, 0.4) is 0 Å². The van der Waals surface area contributed by atoms with E-state index in [-0.39, 0.29) is 24.9 Å². The maximum atomic E-state index is 11.9. The van der Waals surface area contributed by atoms with Crippen LogP contribution in [0.4, 0.5) is 13.2 Å². The lowest BCUT2D eigenvalue weighted by Crippen LogP contribution is -2.47. The summed E-state index contributed by atoms with van der Waals surface area (Å²) in [6, 6.07) is -0.367. The summed E-state index contributed by atoms with van der Waals surface area (Å²) < 4.78 is 35.8. The molecule has 3 N–H and O–H groups in total. The third-order valence-electron chi connectivity index (χ3n) is 3.23. The second kappa shape index (κ2) is 6.25. The van der Waals surface area contributed by atoms with Crippen LogP contribution in [0.25, 0.3) is 0 Å². The molecule has 1 aliphatic rings. The molecular weight excluding hydrogens is 273 g/mol. The highest BCUT2D eigenvalue weighted by molar-refractivity contribution is 5.82. The van der Waals surface area contributed by atoms with E-state index < -0.39 is 12.6 Å². The van der Waals surface area contributed by atoms with Gasteiger partial charge in [0.15, 0.2) is 0 Å². The van der Waals surface area contributed by atoms with Gasteiger partial charge in [-0.1, -0.05) is 0 Å². The number of amides is 1. The van der Waals surface area contributed by atoms with Gasteiger partial charge in [-0.2, -0.15) is 13.2 Å². The van der Waals surface area contributed by atoms with E-state index in [0.29, 0.717) is 19.4 Å². The number of hydrogen-bond donors (Lipinski definition) is 3. The number of imidazole rings is 1. The van der Waals surface area contributed by atoms with Crippen molar-refractivity contribution in [1.82, 2.24) is 20.6 Å². The monoisotopic (exact) mass is 290 g/mol. The largest absolute Gasteiger partial charge is 0.389 e. The Bertz CT molecular complexity index is 458. The number of alkyl halides is 3. The fourth-order valence-electron chi connectivity index (χ4n) is 2.14. The van der Waals surface area contributed by atoms with Crippen molar-refractivity contribution in [2.24, 2.45) is 0 Å². The maximum Gasteiger partial charge on any atom is 0.389 e. The summed E-state index contributed by atoms with van der Waals surface area (Å²) in [4.78, 5) is 19.0. The smallest absolute Gasteiger partial charge is 0.355 e. The van der Waals surface area contributed by atoms with Gasteiger partial charge in [0, 0.05) is 25.9 Å². The van der Waals surface area contributed by atoms with E-state index in [1.54, 1.807) is 6.33 Å². The molecule has 0 aliphatic carbocycles. The Morgan fingerprint density at radius 2 is 2.25 bits per heavy atom. The van der Waals surface area contributed by atoms with Crippen molar-refractivity contribution in [1.29, 1.82) is 0 Å². The Kier molecular flexibility index (Phi) is 4.64. The van der Waals surface area contributed by atoms with Crippen LogP contribution in [0.1, 0.15) is 30.7 Å². The summed E-state index contributed by atoms with van der Waals surface area (Å²) in [7, 11) is 0. The average Bonchev–Trinajstić information content (AvgIpc) is 2.83. The van der Waals surface area contributed by atoms with Crippen molar-refractivity contribution in [3.8, 4) is 0 Å². The zero-order valence-corrected chi connectivity index (χ0v) is 10.9. The molecule has 1 aromatic heterocycles. The fraction of sp³-hybridized carbons (Fsp3) is 0.667. The molecule has 0 saturated heterocycles. The van der Waals surface area contributed by atoms with Gasteiger partial charge < -0.3 is 10.3 Å². The predicted molar refractivity (Wildman–Crippen MR) is 65.8 cm³/mol. The number of fused-ring (bicyclic) bond motifs is 1. The van der Waals surface area contributed by atoms with Gasteiger partial charge >= 0.3 is 6.18 Å². The summed E-state index contributed by atoms with van der Waals surface area (Å²) in [5, 5.41) is 5.72. The van der Waals surface area contributed by atoms with Crippen LogP contribution in [0, 0.1) is 0 Å². The molecule has 0 spiro atoms. The molecule has 2 heterocycles. The normalized spacial score (nSPS) is 18.6. The first-order valence-electron chi connectivity index (χ1n) is 6.54. The highest BCUT2D eigenvalue weighted by Gasteiger charge is 2.27. The van der Waals surface area contributed by atoms with E-state index in [1.165, 1.54) is 0 Å². The molecule has 5 nitrogen and oxygen atoms in total. The van der Waals surface area contributed by atoms with Crippen molar-refractivity contribution < 1.29 is 18.0 Å². The van der Waals surface area contributed by atoms with Crippen LogP contribution >= 0.6 is 0 Å². The third kappa shape index (κ3) is 4.22. The van der Waals surface area contributed by atoms with Gasteiger partial charge in [0.1, 0.15) is 0 Å². The van der Waals surface area contributed by atoms with Crippen LogP contribution in [-0.4, -0.2) is 34.6 Å². The first-order chi connectivity index (χ1) is 9.46. The molecule has 1 amide bonds. The number of rotatable bonds is 5. The first kappa shape index (κ1) is 14.8. The molecule has 0 saturated carbocycles. The minimum atomic E-state index is -4.12. The highest BCUT2D eigenvalue weighted by atomic mass is 19.4. The zero-order chi connectivity index (χ0) is 14.6. The predicted octanol–water partition coefficient (Wildman–Crippen LogP) is 1.27. The molecule has 8 heteroatoms. The molecule has 0 aromatic carbocycles. The Balaban J connectivity index is 1.66. The van der Waals surface area contributed by atoms with Gasteiger partial charge in [0.2, 0.25) is 5.91 Å². The van der Waals surface area contributed by atoms with E-state index >= 15 is 0 Å². The standard InChI is InChI=1S/C12H17F3N4O/c13-12(14,15)3-1-2-4-16-11(20)9-5-8-10(6-17-9)19-7-18-8/h7,9,17H,1-6H2,(H,16,20)(H,18,19). The number of carbonyl (C=O) groups is 1.